The van der Waals surface area contributed by atoms with E-state index in [1.54, 1.807) is 48.5 Å². The number of carbonyl (C=O) groups is 1. The lowest BCUT2D eigenvalue weighted by atomic mass is 10.2. The molecule has 13 heteroatoms. The maximum atomic E-state index is 13.0. The van der Waals surface area contributed by atoms with Gasteiger partial charge in [0.2, 0.25) is 10.0 Å². The molecule has 0 bridgehead atoms. The van der Waals surface area contributed by atoms with Crippen LogP contribution in [0.4, 0.5) is 11.4 Å². The van der Waals surface area contributed by atoms with E-state index in [4.69, 9.17) is 9.47 Å². The summed E-state index contributed by atoms with van der Waals surface area (Å²) in [5.41, 5.74) is 1.05. The SMILES string of the molecule is O=C(Nc1ccc(Br)cc1)c1cccc(S(=O)(=O)Nc2ccc(Oc3ccc(S(=O)(=O)N4CCOCC4)cc3)cc2)c1. The molecule has 1 fully saturated rings. The van der Waals surface area contributed by atoms with Gasteiger partial charge < -0.3 is 14.8 Å². The summed E-state index contributed by atoms with van der Waals surface area (Å²) in [7, 11) is -7.61. The molecule has 4 aromatic carbocycles. The molecular formula is C29H26BrN3O7S2. The van der Waals surface area contributed by atoms with Crippen LogP contribution in [0.25, 0.3) is 0 Å². The molecule has 0 spiro atoms. The second-order valence-electron chi connectivity index (χ2n) is 9.21. The Morgan fingerprint density at radius 2 is 1.36 bits per heavy atom. The van der Waals surface area contributed by atoms with E-state index in [1.807, 2.05) is 0 Å². The number of nitrogens with one attached hydrogen (secondary N) is 2. The van der Waals surface area contributed by atoms with Gasteiger partial charge in [-0.1, -0.05) is 22.0 Å². The van der Waals surface area contributed by atoms with E-state index in [1.165, 1.54) is 52.8 Å². The highest BCUT2D eigenvalue weighted by molar-refractivity contribution is 9.10. The Hall–Kier alpha value is -3.75. The summed E-state index contributed by atoms with van der Waals surface area (Å²) in [6, 6.07) is 25.1. The zero-order valence-electron chi connectivity index (χ0n) is 22.1. The van der Waals surface area contributed by atoms with Crippen LogP contribution in [-0.4, -0.2) is 53.4 Å². The standard InChI is InChI=1S/C29H26BrN3O7S2/c30-22-4-6-23(7-5-22)31-29(34)21-2-1-3-28(20-21)41(35,36)32-24-8-10-25(11-9-24)40-26-12-14-27(15-13-26)42(37,38)33-16-18-39-19-17-33/h1-15,20,32H,16-19H2,(H,31,34). The summed E-state index contributed by atoms with van der Waals surface area (Å²) >= 11 is 3.34. The number of anilines is 2. The quantitative estimate of drug-likeness (QED) is 0.246. The molecule has 0 aliphatic carbocycles. The number of rotatable bonds is 9. The molecule has 1 heterocycles. The molecule has 0 atom stereocenters. The molecule has 1 aliphatic heterocycles. The molecule has 0 radical (unpaired) electrons. The molecule has 0 aromatic heterocycles. The Bertz CT molecular complexity index is 1770. The van der Waals surface area contributed by atoms with Crippen LogP contribution < -0.4 is 14.8 Å². The molecule has 42 heavy (non-hydrogen) atoms. The van der Waals surface area contributed by atoms with E-state index in [9.17, 15) is 21.6 Å². The third-order valence-electron chi connectivity index (χ3n) is 6.28. The van der Waals surface area contributed by atoms with Crippen LogP contribution in [0.2, 0.25) is 0 Å². The minimum Gasteiger partial charge on any atom is -0.457 e. The fourth-order valence-electron chi connectivity index (χ4n) is 4.10. The Morgan fingerprint density at radius 3 is 2.00 bits per heavy atom. The van der Waals surface area contributed by atoms with Gasteiger partial charge in [0.25, 0.3) is 15.9 Å². The summed E-state index contributed by atoms with van der Waals surface area (Å²) < 4.78 is 67.5. The summed E-state index contributed by atoms with van der Waals surface area (Å²) in [4.78, 5) is 12.8. The van der Waals surface area contributed by atoms with Crippen molar-refractivity contribution in [2.24, 2.45) is 0 Å². The molecule has 0 saturated carbocycles. The maximum Gasteiger partial charge on any atom is 0.261 e. The molecule has 1 amide bonds. The molecule has 218 valence electrons. The summed E-state index contributed by atoms with van der Waals surface area (Å²) in [5, 5.41) is 2.74. The summed E-state index contributed by atoms with van der Waals surface area (Å²) in [6.45, 7) is 1.35. The van der Waals surface area contributed by atoms with Gasteiger partial charge in [-0.25, -0.2) is 16.8 Å². The van der Waals surface area contributed by atoms with Crippen molar-refractivity contribution in [1.29, 1.82) is 0 Å². The highest BCUT2D eigenvalue weighted by Gasteiger charge is 2.26. The lowest BCUT2D eigenvalue weighted by Crippen LogP contribution is -2.40. The Morgan fingerprint density at radius 1 is 0.762 bits per heavy atom. The highest BCUT2D eigenvalue weighted by atomic mass is 79.9. The monoisotopic (exact) mass is 671 g/mol. The topological polar surface area (TPSA) is 131 Å². The van der Waals surface area contributed by atoms with Gasteiger partial charge in [0.15, 0.2) is 0 Å². The zero-order valence-corrected chi connectivity index (χ0v) is 25.3. The second-order valence-corrected chi connectivity index (χ2v) is 13.7. The Balaban J connectivity index is 1.22. The predicted molar refractivity (Wildman–Crippen MR) is 162 cm³/mol. The minimum atomic E-state index is -3.99. The van der Waals surface area contributed by atoms with Crippen molar-refractivity contribution in [2.75, 3.05) is 36.3 Å². The number of amides is 1. The van der Waals surface area contributed by atoms with Crippen LogP contribution in [0.3, 0.4) is 0 Å². The van der Waals surface area contributed by atoms with E-state index in [0.29, 0.717) is 49.2 Å². The van der Waals surface area contributed by atoms with Crippen LogP contribution in [0, 0.1) is 0 Å². The molecule has 0 unspecified atom stereocenters. The number of carbonyl (C=O) groups excluding carboxylic acids is 1. The first-order chi connectivity index (χ1) is 20.1. The average molecular weight is 673 g/mol. The summed E-state index contributed by atoms with van der Waals surface area (Å²) in [5.74, 6) is 0.401. The number of sulfonamides is 2. The van der Waals surface area contributed by atoms with Gasteiger partial charge in [0.05, 0.1) is 23.0 Å². The van der Waals surface area contributed by atoms with E-state index in [0.717, 1.165) is 4.47 Å². The van der Waals surface area contributed by atoms with Crippen LogP contribution in [0.15, 0.2) is 111 Å². The Labute approximate surface area is 252 Å². The normalized spacial score (nSPS) is 14.2. The first kappa shape index (κ1) is 29.7. The molecule has 1 saturated heterocycles. The van der Waals surface area contributed by atoms with Crippen molar-refractivity contribution in [3.63, 3.8) is 0 Å². The molecule has 4 aromatic rings. The third-order valence-corrected chi connectivity index (χ3v) is 10.1. The number of benzene rings is 4. The smallest absolute Gasteiger partial charge is 0.261 e. The van der Waals surface area contributed by atoms with E-state index >= 15 is 0 Å². The molecular weight excluding hydrogens is 646 g/mol. The lowest BCUT2D eigenvalue weighted by Gasteiger charge is -2.26. The fourth-order valence-corrected chi connectivity index (χ4v) is 6.87. The molecule has 2 N–H and O–H groups in total. The maximum absolute atomic E-state index is 13.0. The van der Waals surface area contributed by atoms with Crippen molar-refractivity contribution in [3.8, 4) is 11.5 Å². The van der Waals surface area contributed by atoms with Gasteiger partial charge in [0, 0.05) is 34.5 Å². The van der Waals surface area contributed by atoms with Gasteiger partial charge in [-0.3, -0.25) is 9.52 Å². The second kappa shape index (κ2) is 12.6. The van der Waals surface area contributed by atoms with Crippen LogP contribution in [0.5, 0.6) is 11.5 Å². The zero-order chi connectivity index (χ0) is 29.7. The van der Waals surface area contributed by atoms with Crippen LogP contribution >= 0.6 is 15.9 Å². The first-order valence-corrected chi connectivity index (χ1v) is 16.5. The van der Waals surface area contributed by atoms with E-state index < -0.39 is 26.0 Å². The largest absolute Gasteiger partial charge is 0.457 e. The lowest BCUT2D eigenvalue weighted by molar-refractivity contribution is 0.0730. The number of ether oxygens (including phenoxy) is 2. The van der Waals surface area contributed by atoms with Crippen molar-refractivity contribution >= 4 is 53.3 Å². The van der Waals surface area contributed by atoms with Crippen LogP contribution in [-0.2, 0) is 24.8 Å². The van der Waals surface area contributed by atoms with Gasteiger partial charge in [-0.15, -0.1) is 0 Å². The molecule has 5 rings (SSSR count). The van der Waals surface area contributed by atoms with E-state index in [-0.39, 0.29) is 15.4 Å². The first-order valence-electron chi connectivity index (χ1n) is 12.8. The number of hydrogen-bond donors (Lipinski definition) is 2. The van der Waals surface area contributed by atoms with Gasteiger partial charge in [0.1, 0.15) is 11.5 Å². The Kier molecular flexibility index (Phi) is 8.94. The van der Waals surface area contributed by atoms with Crippen molar-refractivity contribution in [1.82, 2.24) is 4.31 Å². The predicted octanol–water partition coefficient (Wildman–Crippen LogP) is 5.32. The van der Waals surface area contributed by atoms with Gasteiger partial charge in [-0.2, -0.15) is 4.31 Å². The van der Waals surface area contributed by atoms with Crippen LogP contribution in [0.1, 0.15) is 10.4 Å². The molecule has 10 nitrogen and oxygen atoms in total. The number of nitrogens with zero attached hydrogens (tertiary/aromatic N) is 1. The summed E-state index contributed by atoms with van der Waals surface area (Å²) in [6.07, 6.45) is 0. The van der Waals surface area contributed by atoms with Gasteiger partial charge >= 0.3 is 0 Å². The van der Waals surface area contributed by atoms with E-state index in [2.05, 4.69) is 26.0 Å². The number of halogens is 1. The average Bonchev–Trinajstić information content (AvgIpc) is 3.00. The van der Waals surface area contributed by atoms with Crippen molar-refractivity contribution < 1.29 is 31.1 Å². The number of morpholine rings is 1. The third kappa shape index (κ3) is 7.17. The number of hydrogen-bond acceptors (Lipinski definition) is 7. The highest BCUT2D eigenvalue weighted by Crippen LogP contribution is 2.27. The van der Waals surface area contributed by atoms with Gasteiger partial charge in [-0.05, 0) is 91.0 Å². The fraction of sp³-hybridized carbons (Fsp3) is 0.138. The molecule has 1 aliphatic rings. The van der Waals surface area contributed by atoms with Crippen molar-refractivity contribution in [2.45, 2.75) is 9.79 Å². The van der Waals surface area contributed by atoms with Crippen molar-refractivity contribution in [3.05, 3.63) is 107 Å². The minimum absolute atomic E-state index is 0.0709.